The van der Waals surface area contributed by atoms with Crippen LogP contribution in [0.3, 0.4) is 0 Å². The highest BCUT2D eigenvalue weighted by molar-refractivity contribution is 7.09. The van der Waals surface area contributed by atoms with Crippen LogP contribution in [-0.4, -0.2) is 26.3 Å². The molecule has 1 aromatic heterocycles. The first kappa shape index (κ1) is 16.1. The summed E-state index contributed by atoms with van der Waals surface area (Å²) >= 11 is 7.95. The quantitative estimate of drug-likeness (QED) is 0.880. The molecule has 0 saturated heterocycles. The third kappa shape index (κ3) is 3.67. The number of nitrogens with one attached hydrogen (secondary N) is 1. The van der Waals surface area contributed by atoms with Crippen molar-refractivity contribution in [3.8, 4) is 11.5 Å². The summed E-state index contributed by atoms with van der Waals surface area (Å²) in [5, 5.41) is 7.00. The molecule has 0 saturated carbocycles. The zero-order valence-electron chi connectivity index (χ0n) is 12.6. The highest BCUT2D eigenvalue weighted by Crippen LogP contribution is 2.38. The summed E-state index contributed by atoms with van der Waals surface area (Å²) in [4.78, 5) is 4.51. The number of hydrogen-bond acceptors (Lipinski definition) is 5. The molecule has 6 heteroatoms. The summed E-state index contributed by atoms with van der Waals surface area (Å²) in [6.07, 6.45) is 0.806. The van der Waals surface area contributed by atoms with Crippen LogP contribution in [-0.2, 0) is 6.42 Å². The minimum atomic E-state index is 0.118. The second kappa shape index (κ2) is 7.11. The SMILES string of the molecule is CNC(Cc1nc(C)cs1)c1cc(Cl)c(OC)c(OC)c1. The Morgan fingerprint density at radius 1 is 1.33 bits per heavy atom. The van der Waals surface area contributed by atoms with E-state index in [1.54, 1.807) is 25.6 Å². The summed E-state index contributed by atoms with van der Waals surface area (Å²) in [5.41, 5.74) is 2.10. The van der Waals surface area contributed by atoms with E-state index >= 15 is 0 Å². The number of aryl methyl sites for hydroxylation is 1. The monoisotopic (exact) mass is 326 g/mol. The van der Waals surface area contributed by atoms with Gasteiger partial charge in [0.1, 0.15) is 0 Å². The standard InChI is InChI=1S/C15H19ClN2O2S/c1-9-8-21-14(18-9)7-12(17-2)10-5-11(16)15(20-4)13(6-10)19-3/h5-6,8,12,17H,7H2,1-4H3. The van der Waals surface area contributed by atoms with Crippen LogP contribution in [0.4, 0.5) is 0 Å². The molecule has 0 aliphatic carbocycles. The minimum Gasteiger partial charge on any atom is -0.493 e. The normalized spacial score (nSPS) is 12.2. The number of rotatable bonds is 6. The molecule has 0 bridgehead atoms. The molecule has 2 aromatic rings. The maximum Gasteiger partial charge on any atom is 0.179 e. The summed E-state index contributed by atoms with van der Waals surface area (Å²) in [6, 6.07) is 3.98. The van der Waals surface area contributed by atoms with Crippen molar-refractivity contribution < 1.29 is 9.47 Å². The van der Waals surface area contributed by atoms with Gasteiger partial charge < -0.3 is 14.8 Å². The first-order valence-corrected chi connectivity index (χ1v) is 7.84. The van der Waals surface area contributed by atoms with Crippen molar-refractivity contribution in [3.05, 3.63) is 38.8 Å². The third-order valence-electron chi connectivity index (χ3n) is 3.25. The van der Waals surface area contributed by atoms with Crippen molar-refractivity contribution in [2.24, 2.45) is 0 Å². The number of likely N-dealkylation sites (N-methyl/N-ethyl adjacent to an activating group) is 1. The average Bonchev–Trinajstić information content (AvgIpc) is 2.89. The third-order valence-corrected chi connectivity index (χ3v) is 4.52. The number of aromatic nitrogens is 1. The predicted octanol–water partition coefficient (Wildman–Crippen LogP) is 3.63. The molecule has 0 radical (unpaired) electrons. The van der Waals surface area contributed by atoms with E-state index in [0.29, 0.717) is 16.5 Å². The lowest BCUT2D eigenvalue weighted by Crippen LogP contribution is -2.19. The highest BCUT2D eigenvalue weighted by atomic mass is 35.5. The van der Waals surface area contributed by atoms with Crippen LogP contribution in [0.25, 0.3) is 0 Å². The molecule has 0 aliphatic heterocycles. The number of nitrogens with zero attached hydrogens (tertiary/aromatic N) is 1. The number of benzene rings is 1. The fourth-order valence-electron chi connectivity index (χ4n) is 2.20. The molecule has 1 N–H and O–H groups in total. The van der Waals surface area contributed by atoms with Crippen molar-refractivity contribution in [2.75, 3.05) is 21.3 Å². The summed E-state index contributed by atoms with van der Waals surface area (Å²) in [6.45, 7) is 2.00. The van der Waals surface area contributed by atoms with Crippen LogP contribution in [0.2, 0.25) is 5.02 Å². The Balaban J connectivity index is 2.31. The Bertz CT molecular complexity index is 616. The van der Waals surface area contributed by atoms with Crippen molar-refractivity contribution in [1.29, 1.82) is 0 Å². The van der Waals surface area contributed by atoms with Crippen molar-refractivity contribution in [2.45, 2.75) is 19.4 Å². The van der Waals surface area contributed by atoms with Crippen molar-refractivity contribution in [1.82, 2.24) is 10.3 Å². The fraction of sp³-hybridized carbons (Fsp3) is 0.400. The van der Waals surface area contributed by atoms with E-state index in [-0.39, 0.29) is 6.04 Å². The molecule has 0 spiro atoms. The molecule has 4 nitrogen and oxygen atoms in total. The van der Waals surface area contributed by atoms with E-state index in [9.17, 15) is 0 Å². The maximum atomic E-state index is 6.28. The van der Waals surface area contributed by atoms with Gasteiger partial charge >= 0.3 is 0 Å². The average molecular weight is 327 g/mol. The van der Waals surface area contributed by atoms with E-state index in [0.717, 1.165) is 22.7 Å². The Morgan fingerprint density at radius 2 is 2.10 bits per heavy atom. The molecule has 2 rings (SSSR count). The summed E-state index contributed by atoms with van der Waals surface area (Å²) in [7, 11) is 5.11. The van der Waals surface area contributed by atoms with Gasteiger partial charge in [-0.25, -0.2) is 4.98 Å². The first-order valence-electron chi connectivity index (χ1n) is 6.58. The second-order valence-corrected chi connectivity index (χ2v) is 6.02. The van der Waals surface area contributed by atoms with Gasteiger partial charge in [-0.1, -0.05) is 11.6 Å². The first-order chi connectivity index (χ1) is 10.1. The van der Waals surface area contributed by atoms with Crippen LogP contribution in [0.5, 0.6) is 11.5 Å². The predicted molar refractivity (Wildman–Crippen MR) is 86.9 cm³/mol. The Labute approximate surface area is 134 Å². The summed E-state index contributed by atoms with van der Waals surface area (Å²) < 4.78 is 10.6. The fourth-order valence-corrected chi connectivity index (χ4v) is 3.31. The van der Waals surface area contributed by atoms with Gasteiger partial charge in [-0.05, 0) is 31.7 Å². The minimum absolute atomic E-state index is 0.118. The zero-order chi connectivity index (χ0) is 15.4. The highest BCUT2D eigenvalue weighted by Gasteiger charge is 2.17. The van der Waals surface area contributed by atoms with Crippen molar-refractivity contribution in [3.63, 3.8) is 0 Å². The smallest absolute Gasteiger partial charge is 0.179 e. The Morgan fingerprint density at radius 3 is 2.62 bits per heavy atom. The van der Waals surface area contributed by atoms with Crippen LogP contribution in [0, 0.1) is 6.92 Å². The number of methoxy groups -OCH3 is 2. The largest absolute Gasteiger partial charge is 0.493 e. The van der Waals surface area contributed by atoms with Gasteiger partial charge in [0.2, 0.25) is 0 Å². The number of hydrogen-bond donors (Lipinski definition) is 1. The lowest BCUT2D eigenvalue weighted by atomic mass is 10.0. The Hall–Kier alpha value is -1.30. The molecule has 21 heavy (non-hydrogen) atoms. The number of thiazole rings is 1. The molecule has 0 amide bonds. The molecule has 1 aromatic carbocycles. The van der Waals surface area contributed by atoms with E-state index in [1.807, 2.05) is 26.1 Å². The van der Waals surface area contributed by atoms with Crippen LogP contribution < -0.4 is 14.8 Å². The lowest BCUT2D eigenvalue weighted by Gasteiger charge is -2.18. The molecular formula is C15H19ClN2O2S. The van der Waals surface area contributed by atoms with Gasteiger partial charge in [-0.15, -0.1) is 11.3 Å². The molecule has 1 unspecified atom stereocenters. The molecule has 114 valence electrons. The van der Waals surface area contributed by atoms with E-state index < -0.39 is 0 Å². The van der Waals surface area contributed by atoms with Gasteiger partial charge in [-0.3, -0.25) is 0 Å². The van der Waals surface area contributed by atoms with E-state index in [1.165, 1.54) is 0 Å². The van der Waals surface area contributed by atoms with Crippen molar-refractivity contribution >= 4 is 22.9 Å². The van der Waals surface area contributed by atoms with Gasteiger partial charge in [0.15, 0.2) is 11.5 Å². The van der Waals surface area contributed by atoms with Gasteiger partial charge in [-0.2, -0.15) is 0 Å². The van der Waals surface area contributed by atoms with Crippen LogP contribution in [0.1, 0.15) is 22.3 Å². The second-order valence-electron chi connectivity index (χ2n) is 4.67. The number of ether oxygens (including phenoxy) is 2. The van der Waals surface area contributed by atoms with Gasteiger partial charge in [0.05, 0.1) is 24.2 Å². The van der Waals surface area contributed by atoms with Gasteiger partial charge in [0, 0.05) is 23.5 Å². The molecule has 1 heterocycles. The molecular weight excluding hydrogens is 308 g/mol. The lowest BCUT2D eigenvalue weighted by molar-refractivity contribution is 0.354. The van der Waals surface area contributed by atoms with E-state index in [2.05, 4.69) is 15.7 Å². The molecule has 0 fully saturated rings. The molecule has 0 aliphatic rings. The maximum absolute atomic E-state index is 6.28. The van der Waals surface area contributed by atoms with Crippen LogP contribution >= 0.6 is 22.9 Å². The topological polar surface area (TPSA) is 43.4 Å². The zero-order valence-corrected chi connectivity index (χ0v) is 14.1. The Kier molecular flexibility index (Phi) is 5.45. The van der Waals surface area contributed by atoms with Gasteiger partial charge in [0.25, 0.3) is 0 Å². The van der Waals surface area contributed by atoms with Crippen LogP contribution in [0.15, 0.2) is 17.5 Å². The summed E-state index contributed by atoms with van der Waals surface area (Å²) in [5.74, 6) is 1.19. The molecule has 1 atom stereocenters. The number of halogens is 1. The van der Waals surface area contributed by atoms with E-state index in [4.69, 9.17) is 21.1 Å².